The number of halogens is 2. The van der Waals surface area contributed by atoms with Crippen molar-refractivity contribution in [3.8, 4) is 0 Å². The van der Waals surface area contributed by atoms with E-state index in [1.807, 2.05) is 0 Å². The predicted octanol–water partition coefficient (Wildman–Crippen LogP) is 0.731. The van der Waals surface area contributed by atoms with E-state index < -0.39 is 5.24 Å². The molecule has 0 saturated carbocycles. The van der Waals surface area contributed by atoms with Crippen LogP contribution in [0, 0.1) is 5.82 Å². The van der Waals surface area contributed by atoms with Crippen LogP contribution in [0.25, 0.3) is 0 Å². The minimum absolute atomic E-state index is 0.327. The molecule has 0 saturated heterocycles. The van der Waals surface area contributed by atoms with Crippen molar-refractivity contribution >= 4 is 37.3 Å². The first-order valence-electron chi connectivity index (χ1n) is 2.79. The van der Waals surface area contributed by atoms with Gasteiger partial charge in [0.05, 0.1) is 0 Å². The summed E-state index contributed by atoms with van der Waals surface area (Å²) >= 11 is 7.28. The van der Waals surface area contributed by atoms with Gasteiger partial charge in [-0.25, -0.2) is 0 Å². The molecule has 0 unspecified atom stereocenters. The number of hydrogen-bond donors (Lipinski definition) is 0. The molecule has 58 valence electrons. The predicted molar refractivity (Wildman–Crippen MR) is 43.4 cm³/mol. The third kappa shape index (κ3) is 2.03. The van der Waals surface area contributed by atoms with Crippen LogP contribution in [0.1, 0.15) is 10.4 Å². The Hall–Kier alpha value is -0.371. The number of carbonyl (C=O) groups is 1. The van der Waals surface area contributed by atoms with E-state index in [1.54, 1.807) is 0 Å². The van der Waals surface area contributed by atoms with Gasteiger partial charge in [0.15, 0.2) is 0 Å². The van der Waals surface area contributed by atoms with Gasteiger partial charge < -0.3 is 0 Å². The van der Waals surface area contributed by atoms with Gasteiger partial charge in [0, 0.05) is 0 Å². The SMILES string of the molecule is O=C(Cl)c1ccc(F)cc1[SeH]. The Morgan fingerprint density at radius 2 is 2.18 bits per heavy atom. The Bertz CT molecular complexity index is 300. The molecule has 0 heterocycles. The van der Waals surface area contributed by atoms with Gasteiger partial charge in [-0.05, 0) is 0 Å². The molecule has 0 aliphatic heterocycles. The van der Waals surface area contributed by atoms with E-state index >= 15 is 0 Å². The molecule has 0 aliphatic rings. The molecule has 0 spiro atoms. The van der Waals surface area contributed by atoms with Crippen LogP contribution in [-0.4, -0.2) is 21.3 Å². The molecule has 0 aliphatic carbocycles. The normalized spacial score (nSPS) is 9.73. The zero-order valence-electron chi connectivity index (χ0n) is 5.34. The summed E-state index contributed by atoms with van der Waals surface area (Å²) in [5, 5.41) is -0.569. The van der Waals surface area contributed by atoms with E-state index in [0.29, 0.717) is 10.0 Å². The number of rotatable bonds is 1. The molecular weight excluding hydrogens is 233 g/mol. The second kappa shape index (κ2) is 3.35. The quantitative estimate of drug-likeness (QED) is 0.520. The molecule has 0 N–H and O–H groups in total. The van der Waals surface area contributed by atoms with Gasteiger partial charge in [0.2, 0.25) is 0 Å². The van der Waals surface area contributed by atoms with Gasteiger partial charge in [-0.2, -0.15) is 0 Å². The van der Waals surface area contributed by atoms with E-state index in [4.69, 9.17) is 11.6 Å². The van der Waals surface area contributed by atoms with Crippen molar-refractivity contribution in [2.45, 2.75) is 0 Å². The van der Waals surface area contributed by atoms with Crippen LogP contribution in [0.3, 0.4) is 0 Å². The zero-order chi connectivity index (χ0) is 8.43. The Balaban J connectivity index is 3.20. The second-order valence-electron chi connectivity index (χ2n) is 1.94. The van der Waals surface area contributed by atoms with Crippen LogP contribution >= 0.6 is 11.6 Å². The van der Waals surface area contributed by atoms with Crippen LogP contribution < -0.4 is 4.46 Å². The summed E-state index contributed by atoms with van der Waals surface area (Å²) in [5.74, 6) is -0.373. The van der Waals surface area contributed by atoms with Gasteiger partial charge in [-0.3, -0.25) is 0 Å². The molecule has 0 aromatic heterocycles. The van der Waals surface area contributed by atoms with Crippen molar-refractivity contribution in [3.63, 3.8) is 0 Å². The number of carbonyl (C=O) groups excluding carboxylic acids is 1. The average Bonchev–Trinajstić information content (AvgIpc) is 1.85. The maximum absolute atomic E-state index is 12.4. The first kappa shape index (κ1) is 8.72. The third-order valence-corrected chi connectivity index (χ3v) is 2.15. The summed E-state index contributed by atoms with van der Waals surface area (Å²) in [6.07, 6.45) is 0. The van der Waals surface area contributed by atoms with Crippen LogP contribution in [0.5, 0.6) is 0 Å². The third-order valence-electron chi connectivity index (χ3n) is 1.17. The maximum atomic E-state index is 12.4. The summed E-state index contributed by atoms with van der Waals surface area (Å²) in [7, 11) is 0. The van der Waals surface area contributed by atoms with Crippen LogP contribution in [0.4, 0.5) is 4.39 Å². The minimum atomic E-state index is -0.569. The fraction of sp³-hybridized carbons (Fsp3) is 0. The number of hydrogen-bond acceptors (Lipinski definition) is 1. The molecule has 4 heteroatoms. The summed E-state index contributed by atoms with van der Waals surface area (Å²) in [4.78, 5) is 10.6. The molecule has 1 nitrogen and oxygen atoms in total. The topological polar surface area (TPSA) is 17.1 Å². The van der Waals surface area contributed by atoms with Gasteiger partial charge in [0.1, 0.15) is 0 Å². The summed E-state index contributed by atoms with van der Waals surface area (Å²) in [6.45, 7) is 0. The molecule has 0 radical (unpaired) electrons. The van der Waals surface area contributed by atoms with Gasteiger partial charge in [0.25, 0.3) is 0 Å². The first-order chi connectivity index (χ1) is 5.11. The monoisotopic (exact) mass is 238 g/mol. The molecule has 0 bridgehead atoms. The summed E-state index contributed by atoms with van der Waals surface area (Å²) in [5.41, 5.74) is 0.327. The van der Waals surface area contributed by atoms with Crippen molar-refractivity contribution in [3.05, 3.63) is 29.6 Å². The van der Waals surface area contributed by atoms with E-state index in [9.17, 15) is 9.18 Å². The Kier molecular flexibility index (Phi) is 2.66. The van der Waals surface area contributed by atoms with E-state index in [1.165, 1.54) is 18.2 Å². The van der Waals surface area contributed by atoms with E-state index in [-0.39, 0.29) is 5.82 Å². The summed E-state index contributed by atoms with van der Waals surface area (Å²) in [6, 6.07) is 3.81. The molecule has 0 fully saturated rings. The van der Waals surface area contributed by atoms with Crippen LogP contribution in [0.2, 0.25) is 0 Å². The fourth-order valence-electron chi connectivity index (χ4n) is 0.671. The Morgan fingerprint density at radius 3 is 2.64 bits per heavy atom. The van der Waals surface area contributed by atoms with Crippen molar-refractivity contribution in [2.24, 2.45) is 0 Å². The molecule has 1 rings (SSSR count). The molecule has 1 aromatic rings. The summed E-state index contributed by atoms with van der Waals surface area (Å²) < 4.78 is 12.9. The average molecular weight is 238 g/mol. The Labute approximate surface area is 76.4 Å². The fourth-order valence-corrected chi connectivity index (χ4v) is 1.61. The standard InChI is InChI=1S/C7H4ClFOSe/c8-7(10)5-2-1-4(9)3-6(5)11/h1-3,11H. The van der Waals surface area contributed by atoms with Gasteiger partial charge in [-0.15, -0.1) is 0 Å². The van der Waals surface area contributed by atoms with Crippen molar-refractivity contribution in [1.82, 2.24) is 0 Å². The molecule has 0 atom stereocenters. The van der Waals surface area contributed by atoms with Crippen molar-refractivity contribution < 1.29 is 9.18 Å². The molecule has 0 amide bonds. The molecular formula is C7H4ClFOSe. The Morgan fingerprint density at radius 1 is 1.55 bits per heavy atom. The first-order valence-corrected chi connectivity index (χ1v) is 4.11. The van der Waals surface area contributed by atoms with Crippen molar-refractivity contribution in [2.75, 3.05) is 0 Å². The van der Waals surface area contributed by atoms with Crippen LogP contribution in [0.15, 0.2) is 18.2 Å². The van der Waals surface area contributed by atoms with Crippen molar-refractivity contribution in [1.29, 1.82) is 0 Å². The molecule has 11 heavy (non-hydrogen) atoms. The zero-order valence-corrected chi connectivity index (χ0v) is 7.98. The van der Waals surface area contributed by atoms with E-state index in [2.05, 4.69) is 16.0 Å². The second-order valence-corrected chi connectivity index (χ2v) is 3.29. The van der Waals surface area contributed by atoms with E-state index in [0.717, 1.165) is 0 Å². The van der Waals surface area contributed by atoms with Gasteiger partial charge in [-0.1, -0.05) is 0 Å². The van der Waals surface area contributed by atoms with Crippen LogP contribution in [-0.2, 0) is 0 Å². The molecule has 1 aromatic carbocycles. The van der Waals surface area contributed by atoms with Gasteiger partial charge >= 0.3 is 76.1 Å². The number of benzene rings is 1.